The molecule has 1 aromatic heterocycles. The minimum Gasteiger partial charge on any atom is -0.480 e. The topological polar surface area (TPSA) is 79.3 Å². The summed E-state index contributed by atoms with van der Waals surface area (Å²) in [7, 11) is 0. The van der Waals surface area contributed by atoms with E-state index in [1.165, 1.54) is 0 Å². The van der Waals surface area contributed by atoms with Gasteiger partial charge in [0, 0.05) is 17.1 Å². The number of carbonyl (C=O) groups excluding carboxylic acids is 1. The summed E-state index contributed by atoms with van der Waals surface area (Å²) in [5, 5.41) is 12.7. The largest absolute Gasteiger partial charge is 0.480 e. The Morgan fingerprint density at radius 3 is 2.76 bits per heavy atom. The molecule has 21 heavy (non-hydrogen) atoms. The molecule has 0 bridgehead atoms. The molecule has 0 fully saturated rings. The number of pyridine rings is 1. The van der Waals surface area contributed by atoms with Crippen LogP contribution in [0.5, 0.6) is 0 Å². The van der Waals surface area contributed by atoms with Gasteiger partial charge in [-0.1, -0.05) is 26.3 Å². The zero-order chi connectivity index (χ0) is 15.4. The second-order valence-corrected chi connectivity index (χ2v) is 5.09. The van der Waals surface area contributed by atoms with Gasteiger partial charge in [-0.3, -0.25) is 9.78 Å². The summed E-state index contributed by atoms with van der Waals surface area (Å²) in [5.41, 5.74) is 1.23. The second kappa shape index (κ2) is 6.35. The van der Waals surface area contributed by atoms with Gasteiger partial charge in [-0.25, -0.2) is 4.79 Å². The highest BCUT2D eigenvalue weighted by molar-refractivity contribution is 5.99. The summed E-state index contributed by atoms with van der Waals surface area (Å²) < 4.78 is 0. The molecule has 0 spiro atoms. The van der Waals surface area contributed by atoms with E-state index >= 15 is 0 Å². The molecule has 1 aromatic carbocycles. The number of nitrogens with zero attached hydrogens (tertiary/aromatic N) is 1. The van der Waals surface area contributed by atoms with Crippen LogP contribution >= 0.6 is 0 Å². The molecule has 0 aliphatic rings. The third-order valence-corrected chi connectivity index (χ3v) is 3.63. The quantitative estimate of drug-likeness (QED) is 0.885. The number of aliphatic carboxylic acids is 1. The summed E-state index contributed by atoms with van der Waals surface area (Å²) in [6.07, 6.45) is 2.37. The Morgan fingerprint density at radius 2 is 2.10 bits per heavy atom. The predicted octanol–water partition coefficient (Wildman–Crippen LogP) is 2.46. The third-order valence-electron chi connectivity index (χ3n) is 3.63. The maximum absolute atomic E-state index is 12.2. The molecule has 1 heterocycles. The highest BCUT2D eigenvalue weighted by Crippen LogP contribution is 2.14. The molecule has 110 valence electrons. The first kappa shape index (κ1) is 15.0. The number of amides is 1. The Bertz CT molecular complexity index is 669. The third kappa shape index (κ3) is 3.37. The van der Waals surface area contributed by atoms with Crippen molar-refractivity contribution in [2.45, 2.75) is 26.3 Å². The standard InChI is InChI=1S/C16H18N2O3/c1-3-10(2)14(16(20)21)18-15(19)12-6-7-13-11(9-12)5-4-8-17-13/h4-10,14H,3H2,1-2H3,(H,18,19)(H,20,21)/t10-,14-/m0/s1. The smallest absolute Gasteiger partial charge is 0.326 e. The normalized spacial score (nSPS) is 13.6. The van der Waals surface area contributed by atoms with Gasteiger partial charge in [0.2, 0.25) is 0 Å². The fourth-order valence-electron chi connectivity index (χ4n) is 2.12. The minimum absolute atomic E-state index is 0.131. The van der Waals surface area contributed by atoms with Crippen molar-refractivity contribution in [2.75, 3.05) is 0 Å². The molecule has 0 aliphatic heterocycles. The van der Waals surface area contributed by atoms with Crippen LogP contribution in [0.2, 0.25) is 0 Å². The molecule has 2 rings (SSSR count). The highest BCUT2D eigenvalue weighted by atomic mass is 16.4. The zero-order valence-electron chi connectivity index (χ0n) is 12.0. The molecular weight excluding hydrogens is 268 g/mol. The lowest BCUT2D eigenvalue weighted by Gasteiger charge is -2.20. The zero-order valence-corrected chi connectivity index (χ0v) is 12.0. The van der Waals surface area contributed by atoms with Crippen LogP contribution < -0.4 is 5.32 Å². The maximum Gasteiger partial charge on any atom is 0.326 e. The molecule has 2 N–H and O–H groups in total. The van der Waals surface area contributed by atoms with Crippen LogP contribution in [0.1, 0.15) is 30.6 Å². The van der Waals surface area contributed by atoms with E-state index in [0.717, 1.165) is 10.9 Å². The summed E-state index contributed by atoms with van der Waals surface area (Å²) in [6, 6.07) is 7.90. The second-order valence-electron chi connectivity index (χ2n) is 5.09. The molecule has 2 atom stereocenters. The molecule has 2 aromatic rings. The lowest BCUT2D eigenvalue weighted by atomic mass is 9.99. The molecule has 5 heteroatoms. The number of rotatable bonds is 5. The number of hydrogen-bond donors (Lipinski definition) is 2. The average molecular weight is 286 g/mol. The summed E-state index contributed by atoms with van der Waals surface area (Å²) in [4.78, 5) is 27.7. The number of carboxylic acid groups (broad SMARTS) is 1. The van der Waals surface area contributed by atoms with Crippen LogP contribution in [0.25, 0.3) is 10.9 Å². The van der Waals surface area contributed by atoms with E-state index in [2.05, 4.69) is 10.3 Å². The van der Waals surface area contributed by atoms with Crippen molar-refractivity contribution in [1.82, 2.24) is 10.3 Å². The van der Waals surface area contributed by atoms with Gasteiger partial charge in [0.15, 0.2) is 0 Å². The van der Waals surface area contributed by atoms with Crippen LogP contribution in [-0.4, -0.2) is 28.0 Å². The Hall–Kier alpha value is -2.43. The van der Waals surface area contributed by atoms with Crippen LogP contribution in [0.3, 0.4) is 0 Å². The van der Waals surface area contributed by atoms with E-state index in [-0.39, 0.29) is 11.8 Å². The van der Waals surface area contributed by atoms with Crippen LogP contribution in [0.4, 0.5) is 0 Å². The van der Waals surface area contributed by atoms with Gasteiger partial charge in [0.25, 0.3) is 5.91 Å². The predicted molar refractivity (Wildman–Crippen MR) is 80.1 cm³/mol. The van der Waals surface area contributed by atoms with Crippen molar-refractivity contribution in [3.05, 3.63) is 42.1 Å². The van der Waals surface area contributed by atoms with Gasteiger partial charge in [-0.05, 0) is 30.2 Å². The SMILES string of the molecule is CC[C@H](C)[C@H](NC(=O)c1ccc2ncccc2c1)C(=O)O. The number of aromatic nitrogens is 1. The maximum atomic E-state index is 12.2. The van der Waals surface area contributed by atoms with E-state index in [1.807, 2.05) is 19.9 Å². The molecule has 0 saturated heterocycles. The Balaban J connectivity index is 2.23. The van der Waals surface area contributed by atoms with Crippen LogP contribution in [-0.2, 0) is 4.79 Å². The lowest BCUT2D eigenvalue weighted by molar-refractivity contribution is -0.140. The number of hydrogen-bond acceptors (Lipinski definition) is 3. The van der Waals surface area contributed by atoms with Crippen molar-refractivity contribution < 1.29 is 14.7 Å². The summed E-state index contributed by atoms with van der Waals surface area (Å²) in [5.74, 6) is -1.53. The van der Waals surface area contributed by atoms with Crippen molar-refractivity contribution in [3.8, 4) is 0 Å². The van der Waals surface area contributed by atoms with Gasteiger partial charge in [-0.2, -0.15) is 0 Å². The molecule has 1 amide bonds. The van der Waals surface area contributed by atoms with Gasteiger partial charge in [0.1, 0.15) is 6.04 Å². The van der Waals surface area contributed by atoms with Crippen molar-refractivity contribution in [3.63, 3.8) is 0 Å². The number of benzene rings is 1. The molecule has 0 aliphatic carbocycles. The molecule has 5 nitrogen and oxygen atoms in total. The van der Waals surface area contributed by atoms with Crippen LogP contribution in [0, 0.1) is 5.92 Å². The average Bonchev–Trinajstić information content (AvgIpc) is 2.50. The highest BCUT2D eigenvalue weighted by Gasteiger charge is 2.25. The van der Waals surface area contributed by atoms with Gasteiger partial charge < -0.3 is 10.4 Å². The first-order valence-corrected chi connectivity index (χ1v) is 6.91. The monoisotopic (exact) mass is 286 g/mol. The van der Waals surface area contributed by atoms with E-state index in [1.54, 1.807) is 30.5 Å². The van der Waals surface area contributed by atoms with Gasteiger partial charge in [-0.15, -0.1) is 0 Å². The van der Waals surface area contributed by atoms with E-state index < -0.39 is 12.0 Å². The Kier molecular flexibility index (Phi) is 4.52. The fraction of sp³-hybridized carbons (Fsp3) is 0.312. The molecule has 0 saturated carbocycles. The molecular formula is C16H18N2O3. The van der Waals surface area contributed by atoms with Crippen molar-refractivity contribution in [2.24, 2.45) is 5.92 Å². The Morgan fingerprint density at radius 1 is 1.33 bits per heavy atom. The van der Waals surface area contributed by atoms with Crippen LogP contribution in [0.15, 0.2) is 36.5 Å². The van der Waals surface area contributed by atoms with E-state index in [4.69, 9.17) is 0 Å². The fourth-order valence-corrected chi connectivity index (χ4v) is 2.12. The first-order chi connectivity index (χ1) is 10.0. The lowest BCUT2D eigenvalue weighted by Crippen LogP contribution is -2.45. The summed E-state index contributed by atoms with van der Waals surface area (Å²) >= 11 is 0. The van der Waals surface area contributed by atoms with Gasteiger partial charge in [0.05, 0.1) is 5.52 Å². The Labute approximate surface area is 123 Å². The van der Waals surface area contributed by atoms with Crippen molar-refractivity contribution >= 4 is 22.8 Å². The minimum atomic E-state index is -1.01. The van der Waals surface area contributed by atoms with E-state index in [9.17, 15) is 14.7 Å². The molecule has 0 radical (unpaired) electrons. The summed E-state index contributed by atoms with van der Waals surface area (Å²) in [6.45, 7) is 3.71. The van der Waals surface area contributed by atoms with Crippen molar-refractivity contribution in [1.29, 1.82) is 0 Å². The number of carbonyl (C=O) groups is 2. The first-order valence-electron chi connectivity index (χ1n) is 6.91. The molecule has 0 unspecified atom stereocenters. The number of carboxylic acids is 1. The van der Waals surface area contributed by atoms with E-state index in [0.29, 0.717) is 12.0 Å². The van der Waals surface area contributed by atoms with Gasteiger partial charge >= 0.3 is 5.97 Å². The number of nitrogens with one attached hydrogen (secondary N) is 1. The number of fused-ring (bicyclic) bond motifs is 1.